The monoisotopic (exact) mass is 503 g/mol. The first-order valence-corrected chi connectivity index (χ1v) is 13.4. The van der Waals surface area contributed by atoms with Crippen LogP contribution in [0.15, 0.2) is 42.7 Å². The number of methoxy groups -OCH3 is 1. The Balaban J connectivity index is 0.00000126. The van der Waals surface area contributed by atoms with Crippen LogP contribution in [-0.4, -0.2) is 68.8 Å². The summed E-state index contributed by atoms with van der Waals surface area (Å²) in [6.45, 7) is 2.12. The molecular formula is C24H38FNO5S2. The van der Waals surface area contributed by atoms with Gasteiger partial charge in [0.25, 0.3) is 0 Å². The SMILES string of the molecule is CCCCC[C@H](O)/C=C/[C@H]1[C@H](O)CC(=O)[C@@H]1SCCCSCC(=O)OC.F.c1ccncc1. The number of ether oxygens (including phenoxy) is 1. The van der Waals surface area contributed by atoms with E-state index in [4.69, 9.17) is 0 Å². The van der Waals surface area contributed by atoms with Crippen molar-refractivity contribution in [2.75, 3.05) is 24.4 Å². The third-order valence-electron chi connectivity index (χ3n) is 4.92. The molecule has 1 fully saturated rings. The molecule has 1 heterocycles. The average Bonchev–Trinajstić information content (AvgIpc) is 3.08. The lowest BCUT2D eigenvalue weighted by molar-refractivity contribution is -0.137. The minimum atomic E-state index is -0.659. The number of Topliss-reactive ketones (excluding diaryl/α,β-unsaturated/α-hetero) is 1. The van der Waals surface area contributed by atoms with E-state index in [9.17, 15) is 19.8 Å². The molecule has 2 rings (SSSR count). The molecule has 9 heteroatoms. The summed E-state index contributed by atoms with van der Waals surface area (Å²) in [5.74, 6) is 1.63. The van der Waals surface area contributed by atoms with Crippen LogP contribution in [0.3, 0.4) is 0 Å². The fourth-order valence-corrected chi connectivity index (χ4v) is 5.46. The van der Waals surface area contributed by atoms with Gasteiger partial charge in [-0.1, -0.05) is 44.4 Å². The summed E-state index contributed by atoms with van der Waals surface area (Å²) in [6, 6.07) is 5.72. The van der Waals surface area contributed by atoms with Crippen molar-refractivity contribution in [3.8, 4) is 0 Å². The highest BCUT2D eigenvalue weighted by Gasteiger charge is 2.40. The Hall–Kier alpha value is -1.42. The van der Waals surface area contributed by atoms with Crippen LogP contribution in [0, 0.1) is 5.92 Å². The molecule has 1 aliphatic rings. The largest absolute Gasteiger partial charge is 0.468 e. The maximum Gasteiger partial charge on any atom is 0.315 e. The molecule has 188 valence electrons. The molecule has 1 aromatic heterocycles. The van der Waals surface area contributed by atoms with Crippen molar-refractivity contribution in [3.05, 3.63) is 42.7 Å². The zero-order chi connectivity index (χ0) is 23.6. The van der Waals surface area contributed by atoms with Crippen molar-refractivity contribution < 1.29 is 29.2 Å². The predicted molar refractivity (Wildman–Crippen MR) is 135 cm³/mol. The van der Waals surface area contributed by atoms with E-state index in [0.29, 0.717) is 5.75 Å². The van der Waals surface area contributed by atoms with Gasteiger partial charge in [0.2, 0.25) is 0 Å². The Bertz CT molecular complexity index is 639. The lowest BCUT2D eigenvalue weighted by Gasteiger charge is -2.17. The van der Waals surface area contributed by atoms with E-state index < -0.39 is 12.2 Å². The van der Waals surface area contributed by atoms with Gasteiger partial charge in [-0.2, -0.15) is 11.8 Å². The standard InChI is InChI=1S/C19H32O5S2.C5H5N.FH/c1-3-4-5-7-14(20)8-9-15-16(21)12-17(22)19(15)26-11-6-10-25-13-18(23)24-2;1-2-4-6-5-3-1;/h8-9,14-16,19-21H,3-7,10-13H2,1-2H3;1-5H;1H/b9-8+;;/t14-,15-,16+,19+;;/m0../s1. The smallest absolute Gasteiger partial charge is 0.315 e. The number of aromatic nitrogens is 1. The highest BCUT2D eigenvalue weighted by atomic mass is 32.2. The number of pyridine rings is 1. The number of aliphatic hydroxyl groups is 2. The second-order valence-corrected chi connectivity index (χ2v) is 9.92. The number of carbonyl (C=O) groups excluding carboxylic acids is 2. The fourth-order valence-electron chi connectivity index (χ4n) is 3.16. The normalized spacial score (nSPS) is 20.6. The maximum atomic E-state index is 12.2. The number of aliphatic hydroxyl groups excluding tert-OH is 2. The van der Waals surface area contributed by atoms with Gasteiger partial charge in [0.05, 0.1) is 30.3 Å². The number of esters is 1. The zero-order valence-electron chi connectivity index (χ0n) is 19.5. The minimum absolute atomic E-state index is 0. The first-order chi connectivity index (χ1) is 15.5. The molecular weight excluding hydrogens is 465 g/mol. The van der Waals surface area contributed by atoms with Crippen LogP contribution in [0.1, 0.15) is 45.4 Å². The number of rotatable bonds is 13. The van der Waals surface area contributed by atoms with Crippen LogP contribution >= 0.6 is 23.5 Å². The third-order valence-corrected chi connectivity index (χ3v) is 7.40. The van der Waals surface area contributed by atoms with Crippen molar-refractivity contribution >= 4 is 35.3 Å². The van der Waals surface area contributed by atoms with E-state index in [2.05, 4.69) is 16.6 Å². The van der Waals surface area contributed by atoms with Crippen molar-refractivity contribution in [2.45, 2.75) is 62.9 Å². The van der Waals surface area contributed by atoms with Gasteiger partial charge in [0, 0.05) is 24.7 Å². The van der Waals surface area contributed by atoms with Crippen LogP contribution in [-0.2, 0) is 14.3 Å². The summed E-state index contributed by atoms with van der Waals surface area (Å²) in [5.41, 5.74) is 0. The molecule has 2 N–H and O–H groups in total. The van der Waals surface area contributed by atoms with E-state index in [1.165, 1.54) is 18.9 Å². The van der Waals surface area contributed by atoms with Gasteiger partial charge in [-0.15, -0.1) is 11.8 Å². The first kappa shape index (κ1) is 31.6. The fraction of sp³-hybridized carbons (Fsp3) is 0.625. The van der Waals surface area contributed by atoms with Gasteiger partial charge < -0.3 is 14.9 Å². The lowest BCUT2D eigenvalue weighted by Crippen LogP contribution is -2.22. The molecule has 0 saturated heterocycles. The number of halogens is 1. The summed E-state index contributed by atoms with van der Waals surface area (Å²) >= 11 is 3.09. The highest BCUT2D eigenvalue weighted by molar-refractivity contribution is 8.01. The van der Waals surface area contributed by atoms with E-state index in [0.717, 1.165) is 43.6 Å². The van der Waals surface area contributed by atoms with E-state index in [1.807, 2.05) is 24.3 Å². The molecule has 1 aliphatic carbocycles. The summed E-state index contributed by atoms with van der Waals surface area (Å²) in [6.07, 6.45) is 10.9. The van der Waals surface area contributed by atoms with Crippen LogP contribution in [0.25, 0.3) is 0 Å². The number of ketones is 1. The second-order valence-electron chi connectivity index (χ2n) is 7.56. The van der Waals surface area contributed by atoms with Crippen molar-refractivity contribution in [2.24, 2.45) is 5.92 Å². The molecule has 0 amide bonds. The van der Waals surface area contributed by atoms with Gasteiger partial charge >= 0.3 is 5.97 Å². The average molecular weight is 504 g/mol. The number of carbonyl (C=O) groups is 2. The van der Waals surface area contributed by atoms with Crippen LogP contribution in [0.4, 0.5) is 4.70 Å². The summed E-state index contributed by atoms with van der Waals surface area (Å²) in [4.78, 5) is 27.0. The topological polar surface area (TPSA) is 96.7 Å². The van der Waals surface area contributed by atoms with Gasteiger partial charge in [-0.25, -0.2) is 0 Å². The molecule has 1 saturated carbocycles. The molecule has 1 aromatic rings. The van der Waals surface area contributed by atoms with Gasteiger partial charge in [-0.05, 0) is 36.5 Å². The number of hydrogen-bond donors (Lipinski definition) is 2. The number of thioether (sulfide) groups is 2. The van der Waals surface area contributed by atoms with E-state index in [1.54, 1.807) is 30.2 Å². The number of hydrogen-bond acceptors (Lipinski definition) is 8. The third kappa shape index (κ3) is 14.4. The summed E-state index contributed by atoms with van der Waals surface area (Å²) in [7, 11) is 1.38. The van der Waals surface area contributed by atoms with Crippen LogP contribution in [0.2, 0.25) is 0 Å². The van der Waals surface area contributed by atoms with Crippen molar-refractivity contribution in [3.63, 3.8) is 0 Å². The molecule has 0 bridgehead atoms. The second kappa shape index (κ2) is 20.0. The Labute approximate surface area is 205 Å². The molecule has 33 heavy (non-hydrogen) atoms. The predicted octanol–water partition coefficient (Wildman–Crippen LogP) is 4.07. The number of nitrogens with zero attached hydrogens (tertiary/aromatic N) is 1. The Kier molecular flexibility index (Phi) is 19.1. The maximum absolute atomic E-state index is 12.2. The van der Waals surface area contributed by atoms with Crippen LogP contribution in [0.5, 0.6) is 0 Å². The highest BCUT2D eigenvalue weighted by Crippen LogP contribution is 2.34. The van der Waals surface area contributed by atoms with Gasteiger partial charge in [0.15, 0.2) is 0 Å². The zero-order valence-corrected chi connectivity index (χ0v) is 21.1. The molecule has 4 atom stereocenters. The summed E-state index contributed by atoms with van der Waals surface area (Å²) < 4.78 is 4.59. The lowest BCUT2D eigenvalue weighted by atomic mass is 10.0. The van der Waals surface area contributed by atoms with E-state index in [-0.39, 0.29) is 34.0 Å². The first-order valence-electron chi connectivity index (χ1n) is 11.2. The molecule has 6 nitrogen and oxygen atoms in total. The molecule has 0 unspecified atom stereocenters. The Morgan fingerprint density at radius 1 is 1.24 bits per heavy atom. The van der Waals surface area contributed by atoms with Crippen molar-refractivity contribution in [1.82, 2.24) is 4.98 Å². The molecule has 0 spiro atoms. The van der Waals surface area contributed by atoms with E-state index >= 15 is 0 Å². The molecule has 0 radical (unpaired) electrons. The number of unbranched alkanes of at least 4 members (excludes halogenated alkanes) is 2. The summed E-state index contributed by atoms with van der Waals surface area (Å²) in [5, 5.41) is 19.9. The van der Waals surface area contributed by atoms with Crippen molar-refractivity contribution in [1.29, 1.82) is 0 Å². The Morgan fingerprint density at radius 3 is 2.55 bits per heavy atom. The van der Waals surface area contributed by atoms with Crippen LogP contribution < -0.4 is 0 Å². The quantitative estimate of drug-likeness (QED) is 0.236. The van der Waals surface area contributed by atoms with Gasteiger partial charge in [0.1, 0.15) is 5.78 Å². The Morgan fingerprint density at radius 2 is 1.97 bits per heavy atom. The minimum Gasteiger partial charge on any atom is -0.468 e. The molecule has 0 aliphatic heterocycles. The molecule has 0 aromatic carbocycles. The van der Waals surface area contributed by atoms with Gasteiger partial charge in [-0.3, -0.25) is 19.3 Å².